The van der Waals surface area contributed by atoms with Crippen molar-refractivity contribution in [2.45, 2.75) is 58.2 Å². The van der Waals surface area contributed by atoms with E-state index >= 15 is 0 Å². The number of hydrogen-bond donors (Lipinski definition) is 0. The molecule has 7 heteroatoms. The summed E-state index contributed by atoms with van der Waals surface area (Å²) in [5.74, 6) is 1.27. The smallest absolute Gasteiger partial charge is 0.145 e. The molecule has 1 aliphatic carbocycles. The molecule has 1 aromatic carbocycles. The molecule has 0 N–H and O–H groups in total. The van der Waals surface area contributed by atoms with Crippen LogP contribution >= 0.6 is 23.2 Å². The van der Waals surface area contributed by atoms with Gasteiger partial charge in [-0.05, 0) is 62.5 Å². The van der Waals surface area contributed by atoms with Gasteiger partial charge in [0.05, 0.1) is 28.5 Å². The maximum atomic E-state index is 6.50. The molecule has 0 saturated heterocycles. The minimum atomic E-state index is 0.0451. The lowest BCUT2D eigenvalue weighted by molar-refractivity contribution is 0.0285. The molecule has 0 spiro atoms. The van der Waals surface area contributed by atoms with Gasteiger partial charge in [-0.2, -0.15) is 0 Å². The summed E-state index contributed by atoms with van der Waals surface area (Å²) in [6.07, 6.45) is 12.9. The summed E-state index contributed by atoms with van der Waals surface area (Å²) >= 11 is 13.0. The molecular weight excluding hydrogens is 517 g/mol. The quantitative estimate of drug-likeness (QED) is 0.163. The molecule has 1 heterocycles. The van der Waals surface area contributed by atoms with Crippen LogP contribution in [0.4, 0.5) is 0 Å². The van der Waals surface area contributed by atoms with Crippen molar-refractivity contribution in [2.75, 3.05) is 13.6 Å². The fourth-order valence-corrected chi connectivity index (χ4v) is 4.65. The molecule has 0 bridgehead atoms. The van der Waals surface area contributed by atoms with Gasteiger partial charge in [0.1, 0.15) is 11.5 Å². The van der Waals surface area contributed by atoms with Gasteiger partial charge in [0.25, 0.3) is 0 Å². The molecule has 38 heavy (non-hydrogen) atoms. The molecule has 1 aromatic heterocycles. The first-order chi connectivity index (χ1) is 18.3. The van der Waals surface area contributed by atoms with Crippen molar-refractivity contribution >= 4 is 29.4 Å². The molecule has 5 nitrogen and oxygen atoms in total. The first-order valence-electron chi connectivity index (χ1n) is 12.9. The van der Waals surface area contributed by atoms with E-state index in [1.165, 1.54) is 0 Å². The topological polar surface area (TPSA) is 50.9 Å². The van der Waals surface area contributed by atoms with E-state index in [1.807, 2.05) is 44.3 Å². The minimum Gasteiger partial charge on any atom is -0.374 e. The second-order valence-corrected chi connectivity index (χ2v) is 10.2. The first kappa shape index (κ1) is 29.7. The van der Waals surface area contributed by atoms with Crippen LogP contribution < -0.4 is 0 Å². The summed E-state index contributed by atoms with van der Waals surface area (Å²) in [7, 11) is 2.04. The van der Waals surface area contributed by atoms with E-state index < -0.39 is 0 Å². The Morgan fingerprint density at radius 1 is 1.24 bits per heavy atom. The third-order valence-corrected chi connectivity index (χ3v) is 7.27. The predicted octanol–water partition coefficient (Wildman–Crippen LogP) is 8.93. The van der Waals surface area contributed by atoms with Crippen molar-refractivity contribution in [2.24, 2.45) is 4.99 Å². The fourth-order valence-electron chi connectivity index (χ4n) is 4.08. The van der Waals surface area contributed by atoms with E-state index in [2.05, 4.69) is 41.7 Å². The van der Waals surface area contributed by atoms with E-state index in [-0.39, 0.29) is 6.10 Å². The lowest BCUT2D eigenvalue weighted by atomic mass is 10.0. The van der Waals surface area contributed by atoms with Crippen molar-refractivity contribution in [3.05, 3.63) is 101 Å². The Bertz CT molecular complexity index is 1220. The number of allylic oxidation sites excluding steroid dienone is 5. The van der Waals surface area contributed by atoms with Crippen LogP contribution in [0.1, 0.15) is 56.8 Å². The second kappa shape index (κ2) is 14.3. The first-order valence-corrected chi connectivity index (χ1v) is 13.7. The van der Waals surface area contributed by atoms with Gasteiger partial charge in [-0.15, -0.1) is 0 Å². The van der Waals surface area contributed by atoms with E-state index in [9.17, 15) is 0 Å². The van der Waals surface area contributed by atoms with Crippen molar-refractivity contribution in [1.29, 1.82) is 0 Å². The lowest BCUT2D eigenvalue weighted by Gasteiger charge is -2.24. The van der Waals surface area contributed by atoms with Gasteiger partial charge in [0.2, 0.25) is 0 Å². The number of ether oxygens (including phenoxy) is 1. The molecule has 3 rings (SSSR count). The van der Waals surface area contributed by atoms with Gasteiger partial charge in [0, 0.05) is 42.5 Å². The van der Waals surface area contributed by atoms with Gasteiger partial charge in [-0.3, -0.25) is 4.99 Å². The summed E-state index contributed by atoms with van der Waals surface area (Å²) in [5, 5.41) is 5.46. The number of aliphatic imine (C=N–C) groups is 1. The van der Waals surface area contributed by atoms with Crippen LogP contribution in [0, 0.1) is 0 Å². The SMILES string of the molecule is C=CC=NC(/C=C(\C=C)N(C)CCC(CC)OCc1c(-c2c(Cl)cccc2Cl)noc1C1CC1)=C(\C)C=C. The summed E-state index contributed by atoms with van der Waals surface area (Å²) in [6, 6.07) is 5.45. The zero-order valence-electron chi connectivity index (χ0n) is 22.6. The standard InChI is InChI=1S/C31H37Cl2N3O2/c1-7-17-34-28(21(5)8-2)19-23(9-3)36(6)18-16-24(10-4)37-20-25-30(35-38-31(25)22-14-15-22)29-26(32)12-11-13-27(29)33/h7-9,11-13,17,19,22,24H,1-3,10,14-16,18,20H2,4-6H3/b23-19+,28-21+,34-17?. The molecule has 0 aliphatic heterocycles. The number of hydrogen-bond acceptors (Lipinski definition) is 5. The zero-order valence-corrected chi connectivity index (χ0v) is 24.1. The molecule has 0 amide bonds. The van der Waals surface area contributed by atoms with Gasteiger partial charge in [-0.1, -0.05) is 73.2 Å². The highest BCUT2D eigenvalue weighted by atomic mass is 35.5. The van der Waals surface area contributed by atoms with Crippen LogP contribution in [-0.4, -0.2) is 36.0 Å². The van der Waals surface area contributed by atoms with E-state index in [4.69, 9.17) is 32.5 Å². The van der Waals surface area contributed by atoms with Gasteiger partial charge in [-0.25, -0.2) is 0 Å². The maximum absolute atomic E-state index is 6.50. The number of benzene rings is 1. The van der Waals surface area contributed by atoms with Gasteiger partial charge in [0.15, 0.2) is 0 Å². The number of halogens is 2. The number of nitrogens with zero attached hydrogens (tertiary/aromatic N) is 3. The Balaban J connectivity index is 1.73. The average molecular weight is 555 g/mol. The zero-order chi connectivity index (χ0) is 27.7. The number of likely N-dealkylation sites (N-methyl/N-ethyl adjacent to an activating group) is 1. The van der Waals surface area contributed by atoms with Crippen LogP contribution in [0.2, 0.25) is 10.0 Å². The van der Waals surface area contributed by atoms with Crippen LogP contribution in [0.3, 0.4) is 0 Å². The molecule has 1 fully saturated rings. The molecule has 1 atom stereocenters. The maximum Gasteiger partial charge on any atom is 0.145 e. The van der Waals surface area contributed by atoms with Crippen LogP contribution in [0.25, 0.3) is 11.3 Å². The van der Waals surface area contributed by atoms with E-state index in [1.54, 1.807) is 18.4 Å². The van der Waals surface area contributed by atoms with E-state index in [0.29, 0.717) is 33.8 Å². The molecule has 1 saturated carbocycles. The van der Waals surface area contributed by atoms with Crippen LogP contribution in [0.15, 0.2) is 88.7 Å². The highest BCUT2D eigenvalue weighted by molar-refractivity contribution is 6.39. The van der Waals surface area contributed by atoms with Gasteiger partial charge >= 0.3 is 0 Å². The van der Waals surface area contributed by atoms with E-state index in [0.717, 1.165) is 60.5 Å². The molecule has 0 radical (unpaired) electrons. The summed E-state index contributed by atoms with van der Waals surface area (Å²) in [4.78, 5) is 6.64. The Labute approximate surface area is 236 Å². The third kappa shape index (κ3) is 7.59. The van der Waals surface area contributed by atoms with Crippen molar-refractivity contribution in [3.8, 4) is 11.3 Å². The number of aromatic nitrogens is 1. The molecule has 1 unspecified atom stereocenters. The Morgan fingerprint density at radius 2 is 1.95 bits per heavy atom. The van der Waals surface area contributed by atoms with Crippen LogP contribution in [0.5, 0.6) is 0 Å². The molecule has 202 valence electrons. The normalized spacial score (nSPS) is 15.3. The number of rotatable bonds is 15. The monoisotopic (exact) mass is 553 g/mol. The highest BCUT2D eigenvalue weighted by Gasteiger charge is 2.33. The van der Waals surface area contributed by atoms with Crippen molar-refractivity contribution in [1.82, 2.24) is 10.1 Å². The van der Waals surface area contributed by atoms with Crippen LogP contribution in [-0.2, 0) is 11.3 Å². The van der Waals surface area contributed by atoms with Crippen molar-refractivity contribution < 1.29 is 9.26 Å². The fraction of sp³-hybridized carbons (Fsp3) is 0.355. The second-order valence-electron chi connectivity index (χ2n) is 9.36. The average Bonchev–Trinajstić information content (AvgIpc) is 3.68. The third-order valence-electron chi connectivity index (χ3n) is 6.64. The van der Waals surface area contributed by atoms with Crippen molar-refractivity contribution in [3.63, 3.8) is 0 Å². The molecule has 2 aromatic rings. The molecular formula is C31H37Cl2N3O2. The molecule has 1 aliphatic rings. The summed E-state index contributed by atoms with van der Waals surface area (Å²) in [5.41, 5.74) is 5.05. The lowest BCUT2D eigenvalue weighted by Crippen LogP contribution is -2.24. The Kier molecular flexibility index (Phi) is 11.2. The summed E-state index contributed by atoms with van der Waals surface area (Å²) < 4.78 is 12.2. The Morgan fingerprint density at radius 3 is 2.53 bits per heavy atom. The summed E-state index contributed by atoms with van der Waals surface area (Å²) in [6.45, 7) is 16.9. The largest absolute Gasteiger partial charge is 0.374 e. The Hall–Kier alpha value is -2.86. The minimum absolute atomic E-state index is 0.0451. The van der Waals surface area contributed by atoms with Gasteiger partial charge < -0.3 is 14.2 Å². The highest BCUT2D eigenvalue weighted by Crippen LogP contribution is 2.46. The predicted molar refractivity (Wildman–Crippen MR) is 160 cm³/mol.